The molecule has 0 saturated carbocycles. The van der Waals surface area contributed by atoms with E-state index in [1.54, 1.807) is 22.9 Å². The Balaban J connectivity index is 1.58. The van der Waals surface area contributed by atoms with Gasteiger partial charge in [-0.2, -0.15) is 0 Å². The summed E-state index contributed by atoms with van der Waals surface area (Å²) in [4.78, 5) is 17.5. The molecule has 5 heteroatoms. The van der Waals surface area contributed by atoms with Gasteiger partial charge in [-0.1, -0.05) is 36.4 Å². The first kappa shape index (κ1) is 14.3. The maximum absolute atomic E-state index is 12.7. The Morgan fingerprint density at radius 3 is 2.84 bits per heavy atom. The predicted octanol–water partition coefficient (Wildman–Crippen LogP) is 3.21. The van der Waals surface area contributed by atoms with Crippen molar-refractivity contribution < 1.29 is 9.90 Å². The molecule has 1 aliphatic carbocycles. The van der Waals surface area contributed by atoms with Crippen molar-refractivity contribution in [3.8, 4) is 17.0 Å². The zero-order valence-corrected chi connectivity index (χ0v) is 13.6. The summed E-state index contributed by atoms with van der Waals surface area (Å²) in [6, 6.07) is 15.2. The third-order valence-electron chi connectivity index (χ3n) is 5.30. The van der Waals surface area contributed by atoms with E-state index in [0.29, 0.717) is 6.42 Å². The van der Waals surface area contributed by atoms with Crippen LogP contribution >= 0.6 is 0 Å². The van der Waals surface area contributed by atoms with Crippen molar-refractivity contribution in [2.45, 2.75) is 24.8 Å². The number of nitrogens with zero attached hydrogens (tertiary/aromatic N) is 2. The highest BCUT2D eigenvalue weighted by atomic mass is 16.3. The second kappa shape index (κ2) is 4.96. The number of carbonyl (C=O) groups is 1. The van der Waals surface area contributed by atoms with E-state index in [9.17, 15) is 9.90 Å². The highest BCUT2D eigenvalue weighted by molar-refractivity contribution is 5.81. The van der Waals surface area contributed by atoms with Crippen LogP contribution in [0.5, 0.6) is 5.75 Å². The number of aromatic nitrogens is 2. The summed E-state index contributed by atoms with van der Waals surface area (Å²) in [5.74, 6) is 1.05. The maximum atomic E-state index is 12.7. The van der Waals surface area contributed by atoms with Crippen LogP contribution < -0.4 is 5.32 Å². The normalized spacial score (nSPS) is 21.0. The molecular weight excluding hydrogens is 314 g/mol. The Morgan fingerprint density at radius 2 is 2.00 bits per heavy atom. The summed E-state index contributed by atoms with van der Waals surface area (Å²) in [5.41, 5.74) is 3.59. The molecule has 2 heterocycles. The van der Waals surface area contributed by atoms with Gasteiger partial charge < -0.3 is 10.4 Å². The molecule has 1 amide bonds. The summed E-state index contributed by atoms with van der Waals surface area (Å²) < 4.78 is 1.62. The van der Waals surface area contributed by atoms with Gasteiger partial charge in [-0.05, 0) is 36.1 Å². The highest BCUT2D eigenvalue weighted by Gasteiger charge is 2.44. The molecule has 1 aromatic heterocycles. The van der Waals surface area contributed by atoms with Gasteiger partial charge in [-0.15, -0.1) is 0 Å². The maximum Gasteiger partial charge on any atom is 0.327 e. The van der Waals surface area contributed by atoms with Gasteiger partial charge in [0.25, 0.3) is 0 Å². The Morgan fingerprint density at radius 1 is 1.16 bits per heavy atom. The number of hydrogen-bond acceptors (Lipinski definition) is 3. The van der Waals surface area contributed by atoms with E-state index >= 15 is 0 Å². The van der Waals surface area contributed by atoms with Gasteiger partial charge in [0.05, 0.1) is 11.2 Å². The molecule has 2 N–H and O–H groups in total. The molecule has 1 spiro atoms. The Hall–Kier alpha value is -3.08. The lowest BCUT2D eigenvalue weighted by molar-refractivity contribution is 0.213. The number of benzene rings is 2. The molecule has 0 radical (unpaired) electrons. The summed E-state index contributed by atoms with van der Waals surface area (Å²) in [6.45, 7) is 0. The van der Waals surface area contributed by atoms with Crippen molar-refractivity contribution in [2.75, 3.05) is 0 Å². The van der Waals surface area contributed by atoms with Crippen LogP contribution in [0.3, 0.4) is 0 Å². The number of nitrogens with one attached hydrogen (secondary N) is 1. The standard InChI is InChI=1S/C20H17N3O2/c24-15-6-7-16-14(10-15)8-9-20(16)11-18-21-17(12-23(18)19(25)22-20)13-4-2-1-3-5-13/h1-7,10,12,24H,8-9,11H2,(H,22,25)/t20-/m0/s1. The number of fused-ring (bicyclic) bond motifs is 3. The van der Waals surface area contributed by atoms with Crippen LogP contribution in [-0.2, 0) is 18.4 Å². The smallest absolute Gasteiger partial charge is 0.327 e. The van der Waals surface area contributed by atoms with Gasteiger partial charge in [0.1, 0.15) is 11.6 Å². The highest BCUT2D eigenvalue weighted by Crippen LogP contribution is 2.42. The number of aromatic hydroxyl groups is 1. The molecule has 2 aromatic carbocycles. The molecule has 5 rings (SSSR count). The number of imidazole rings is 1. The largest absolute Gasteiger partial charge is 0.508 e. The minimum Gasteiger partial charge on any atom is -0.508 e. The number of phenolic OH excluding ortho intramolecular Hbond substituents is 1. The second-order valence-corrected chi connectivity index (χ2v) is 6.81. The molecule has 0 unspecified atom stereocenters. The van der Waals surface area contributed by atoms with Crippen molar-refractivity contribution in [2.24, 2.45) is 0 Å². The molecular formula is C20H17N3O2. The van der Waals surface area contributed by atoms with E-state index in [-0.39, 0.29) is 11.8 Å². The van der Waals surface area contributed by atoms with E-state index in [1.807, 2.05) is 36.4 Å². The van der Waals surface area contributed by atoms with Crippen molar-refractivity contribution in [3.63, 3.8) is 0 Å². The second-order valence-electron chi connectivity index (χ2n) is 6.81. The molecule has 5 nitrogen and oxygen atoms in total. The van der Waals surface area contributed by atoms with Gasteiger partial charge in [0, 0.05) is 18.2 Å². The minimum absolute atomic E-state index is 0.142. The molecule has 1 aliphatic heterocycles. The molecule has 1 atom stereocenters. The van der Waals surface area contributed by atoms with Crippen molar-refractivity contribution >= 4 is 6.03 Å². The Labute approximate surface area is 145 Å². The lowest BCUT2D eigenvalue weighted by Gasteiger charge is -2.35. The monoisotopic (exact) mass is 331 g/mol. The molecule has 124 valence electrons. The van der Waals surface area contributed by atoms with E-state index in [4.69, 9.17) is 4.98 Å². The molecule has 0 bridgehead atoms. The zero-order chi connectivity index (χ0) is 17.0. The van der Waals surface area contributed by atoms with Gasteiger partial charge in [-0.25, -0.2) is 9.78 Å². The SMILES string of the molecule is O=C1N[C@@]2(CCc3cc(O)ccc32)Cc2nc(-c3ccccc3)cn21. The van der Waals surface area contributed by atoms with Crippen LogP contribution in [0, 0.1) is 0 Å². The number of carbonyl (C=O) groups excluding carboxylic acids is 1. The third kappa shape index (κ3) is 2.09. The average molecular weight is 331 g/mol. The summed E-state index contributed by atoms with van der Waals surface area (Å²) in [7, 11) is 0. The quantitative estimate of drug-likeness (QED) is 0.719. The van der Waals surface area contributed by atoms with Crippen molar-refractivity contribution in [1.29, 1.82) is 0 Å². The number of amides is 1. The topological polar surface area (TPSA) is 67.2 Å². The third-order valence-corrected chi connectivity index (χ3v) is 5.30. The first-order chi connectivity index (χ1) is 12.1. The van der Waals surface area contributed by atoms with Crippen LogP contribution in [-0.4, -0.2) is 20.7 Å². The van der Waals surface area contributed by atoms with Gasteiger partial charge in [-0.3, -0.25) is 4.57 Å². The summed E-state index contributed by atoms with van der Waals surface area (Å²) >= 11 is 0. The lowest BCUT2D eigenvalue weighted by atomic mass is 9.87. The predicted molar refractivity (Wildman–Crippen MR) is 93.4 cm³/mol. The average Bonchev–Trinajstić information content (AvgIpc) is 3.18. The van der Waals surface area contributed by atoms with Crippen LogP contribution in [0.15, 0.2) is 54.7 Å². The number of aryl methyl sites for hydroxylation is 1. The number of phenols is 1. The fourth-order valence-corrected chi connectivity index (χ4v) is 4.10. The van der Waals surface area contributed by atoms with Gasteiger partial charge >= 0.3 is 6.03 Å². The summed E-state index contributed by atoms with van der Waals surface area (Å²) in [5, 5.41) is 12.9. The minimum atomic E-state index is -0.421. The van der Waals surface area contributed by atoms with E-state index in [1.165, 1.54) is 0 Å². The molecule has 0 fully saturated rings. The first-order valence-corrected chi connectivity index (χ1v) is 8.43. The van der Waals surface area contributed by atoms with Crippen LogP contribution in [0.1, 0.15) is 23.4 Å². The molecule has 25 heavy (non-hydrogen) atoms. The number of hydrogen-bond donors (Lipinski definition) is 2. The number of rotatable bonds is 1. The van der Waals surface area contributed by atoms with Crippen LogP contribution in [0.2, 0.25) is 0 Å². The van der Waals surface area contributed by atoms with E-state index in [0.717, 1.165) is 41.1 Å². The molecule has 3 aromatic rings. The van der Waals surface area contributed by atoms with Gasteiger partial charge in [0.15, 0.2) is 0 Å². The summed E-state index contributed by atoms with van der Waals surface area (Å²) in [6.07, 6.45) is 4.13. The van der Waals surface area contributed by atoms with Crippen molar-refractivity contribution in [1.82, 2.24) is 14.9 Å². The Bertz CT molecular complexity index is 993. The lowest BCUT2D eigenvalue weighted by Crippen LogP contribution is -2.52. The first-order valence-electron chi connectivity index (χ1n) is 8.43. The van der Waals surface area contributed by atoms with Gasteiger partial charge in [0.2, 0.25) is 0 Å². The Kier molecular flexibility index (Phi) is 2.83. The zero-order valence-electron chi connectivity index (χ0n) is 13.6. The fourth-order valence-electron chi connectivity index (χ4n) is 4.10. The van der Waals surface area contributed by atoms with E-state index in [2.05, 4.69) is 5.32 Å². The van der Waals surface area contributed by atoms with Crippen LogP contribution in [0.4, 0.5) is 4.79 Å². The fraction of sp³-hybridized carbons (Fsp3) is 0.200. The van der Waals surface area contributed by atoms with Crippen molar-refractivity contribution in [3.05, 3.63) is 71.7 Å². The van der Waals surface area contributed by atoms with E-state index < -0.39 is 5.54 Å². The molecule has 2 aliphatic rings. The van der Waals surface area contributed by atoms with Crippen LogP contribution in [0.25, 0.3) is 11.3 Å². The molecule has 0 saturated heterocycles.